The average Bonchev–Trinajstić information content (AvgIpc) is 2.39. The summed E-state index contributed by atoms with van der Waals surface area (Å²) in [6.45, 7) is 1.88. The number of pyridine rings is 2. The van der Waals surface area contributed by atoms with Crippen molar-refractivity contribution in [3.63, 3.8) is 0 Å². The molecular weight excluding hydrogens is 272 g/mol. The molecule has 7 heteroatoms. The van der Waals surface area contributed by atoms with Crippen molar-refractivity contribution in [3.05, 3.63) is 39.4 Å². The summed E-state index contributed by atoms with van der Waals surface area (Å²) in [7, 11) is 1.45. The van der Waals surface area contributed by atoms with Crippen LogP contribution in [-0.2, 0) is 4.74 Å². The minimum absolute atomic E-state index is 0.0550. The molecule has 0 radical (unpaired) electrons. The van der Waals surface area contributed by atoms with Gasteiger partial charge in [0.2, 0.25) is 11.6 Å². The van der Waals surface area contributed by atoms with E-state index in [0.29, 0.717) is 10.9 Å². The molecule has 0 unspecified atom stereocenters. The lowest BCUT2D eigenvalue weighted by atomic mass is 10.2. The zero-order chi connectivity index (χ0) is 14.0. The summed E-state index contributed by atoms with van der Waals surface area (Å²) >= 11 is 5.94. The first-order valence-corrected chi connectivity index (χ1v) is 5.94. The molecule has 0 aliphatic rings. The van der Waals surface area contributed by atoms with E-state index < -0.39 is 11.4 Å². The number of halogens is 1. The fraction of sp³-hybridized carbons (Fsp3) is 0.250. The van der Waals surface area contributed by atoms with Crippen molar-refractivity contribution in [3.8, 4) is 0 Å². The lowest BCUT2D eigenvalue weighted by molar-refractivity contribution is -0.882. The third-order valence-electron chi connectivity index (χ3n) is 2.56. The van der Waals surface area contributed by atoms with Gasteiger partial charge in [-0.15, -0.1) is 0 Å². The zero-order valence-corrected chi connectivity index (χ0v) is 11.2. The van der Waals surface area contributed by atoms with Gasteiger partial charge in [0.05, 0.1) is 12.0 Å². The second-order valence-electron chi connectivity index (χ2n) is 3.68. The van der Waals surface area contributed by atoms with Gasteiger partial charge < -0.3 is 9.72 Å². The molecule has 2 heterocycles. The van der Waals surface area contributed by atoms with Crippen LogP contribution in [0.5, 0.6) is 0 Å². The molecule has 6 nitrogen and oxygen atoms in total. The van der Waals surface area contributed by atoms with Crippen LogP contribution in [0.1, 0.15) is 17.3 Å². The van der Waals surface area contributed by atoms with Gasteiger partial charge in [0.25, 0.3) is 0 Å². The molecule has 19 heavy (non-hydrogen) atoms. The molecule has 0 amide bonds. The van der Waals surface area contributed by atoms with E-state index in [-0.39, 0.29) is 17.3 Å². The van der Waals surface area contributed by atoms with Gasteiger partial charge in [-0.05, 0) is 18.5 Å². The molecular formula is C12H12ClN2O4+. The molecule has 0 saturated carbocycles. The van der Waals surface area contributed by atoms with Crippen LogP contribution in [-0.4, -0.2) is 24.7 Å². The molecule has 100 valence electrons. The Kier molecular flexibility index (Phi) is 3.71. The largest absolute Gasteiger partial charge is 0.462 e. The maximum atomic E-state index is 12.2. The van der Waals surface area contributed by atoms with Crippen LogP contribution >= 0.6 is 11.6 Å². The Morgan fingerprint density at radius 3 is 2.89 bits per heavy atom. The fourth-order valence-corrected chi connectivity index (χ4v) is 1.90. The molecule has 0 spiro atoms. The van der Waals surface area contributed by atoms with E-state index >= 15 is 0 Å². The Labute approximate surface area is 113 Å². The van der Waals surface area contributed by atoms with E-state index in [1.54, 1.807) is 6.92 Å². The first-order valence-electron chi connectivity index (χ1n) is 5.56. The number of carbonyl (C=O) groups excluding carboxylic acids is 1. The number of rotatable bonds is 3. The Hall–Kier alpha value is -2.08. The van der Waals surface area contributed by atoms with Gasteiger partial charge in [-0.1, -0.05) is 0 Å². The second kappa shape index (κ2) is 5.27. The lowest BCUT2D eigenvalue weighted by Gasteiger charge is -2.02. The molecule has 0 bridgehead atoms. The highest BCUT2D eigenvalue weighted by Crippen LogP contribution is 2.11. The number of carbonyl (C=O) groups is 1. The first kappa shape index (κ1) is 13.4. The summed E-state index contributed by atoms with van der Waals surface area (Å²) in [5.41, 5.74) is 0.0160. The maximum Gasteiger partial charge on any atom is 0.343 e. The number of hydrogen-bond acceptors (Lipinski definition) is 4. The number of fused-ring (bicyclic) bond motifs is 1. The highest BCUT2D eigenvalue weighted by Gasteiger charge is 2.18. The van der Waals surface area contributed by atoms with Crippen molar-refractivity contribution in [1.29, 1.82) is 0 Å². The van der Waals surface area contributed by atoms with E-state index in [0.717, 1.165) is 0 Å². The molecule has 0 aliphatic heterocycles. The molecule has 0 aliphatic carbocycles. The predicted molar refractivity (Wildman–Crippen MR) is 68.2 cm³/mol. The van der Waals surface area contributed by atoms with Crippen molar-refractivity contribution < 1.29 is 19.1 Å². The Morgan fingerprint density at radius 1 is 1.53 bits per heavy atom. The van der Waals surface area contributed by atoms with Crippen LogP contribution in [0, 0.1) is 0 Å². The van der Waals surface area contributed by atoms with Crippen LogP contribution in [0.15, 0.2) is 23.3 Å². The molecule has 0 saturated heterocycles. The van der Waals surface area contributed by atoms with Gasteiger partial charge in [-0.25, -0.2) is 4.79 Å². The molecule has 0 aromatic carbocycles. The minimum Gasteiger partial charge on any atom is -0.462 e. The van der Waals surface area contributed by atoms with Crippen LogP contribution in [0.25, 0.3) is 10.9 Å². The summed E-state index contributed by atoms with van der Waals surface area (Å²) < 4.78 is 6.11. The highest BCUT2D eigenvalue weighted by molar-refractivity contribution is 6.29. The van der Waals surface area contributed by atoms with Crippen molar-refractivity contribution in [2.75, 3.05) is 13.7 Å². The Balaban J connectivity index is 2.65. The van der Waals surface area contributed by atoms with Crippen molar-refractivity contribution in [1.82, 2.24) is 4.98 Å². The number of nitrogens with one attached hydrogen (secondary N) is 1. The molecule has 2 aromatic heterocycles. The zero-order valence-electron chi connectivity index (χ0n) is 10.4. The van der Waals surface area contributed by atoms with Crippen molar-refractivity contribution in [2.24, 2.45) is 0 Å². The number of aromatic amines is 1. The van der Waals surface area contributed by atoms with Gasteiger partial charge in [-0.2, -0.15) is 0 Å². The maximum absolute atomic E-state index is 12.2. The number of esters is 1. The van der Waals surface area contributed by atoms with E-state index in [4.69, 9.17) is 21.2 Å². The fourth-order valence-electron chi connectivity index (χ4n) is 1.67. The van der Waals surface area contributed by atoms with Crippen LogP contribution in [0.3, 0.4) is 0 Å². The van der Waals surface area contributed by atoms with E-state index in [9.17, 15) is 9.59 Å². The summed E-state index contributed by atoms with van der Waals surface area (Å²) in [5.74, 6) is -0.662. The van der Waals surface area contributed by atoms with Gasteiger partial charge in [0, 0.05) is 17.0 Å². The summed E-state index contributed by atoms with van der Waals surface area (Å²) in [6.07, 6.45) is 2.84. The number of H-pyrrole nitrogens is 1. The quantitative estimate of drug-likeness (QED) is 0.511. The smallest absolute Gasteiger partial charge is 0.343 e. The lowest BCUT2D eigenvalue weighted by Crippen LogP contribution is -2.41. The van der Waals surface area contributed by atoms with Crippen molar-refractivity contribution in [2.45, 2.75) is 6.92 Å². The number of aromatic nitrogens is 2. The highest BCUT2D eigenvalue weighted by atomic mass is 35.5. The molecule has 2 aromatic rings. The van der Waals surface area contributed by atoms with Gasteiger partial charge >= 0.3 is 11.1 Å². The predicted octanol–water partition coefficient (Wildman–Crippen LogP) is 0.704. The SMILES string of the molecule is CCOC(=O)c1c[nH]c2c[n+](OC)c(Cl)cc2c1=O. The first-order chi connectivity index (χ1) is 9.08. The average molecular weight is 284 g/mol. The number of nitrogens with zero attached hydrogens (tertiary/aromatic N) is 1. The Morgan fingerprint density at radius 2 is 2.26 bits per heavy atom. The van der Waals surface area contributed by atoms with Gasteiger partial charge in [-0.3, -0.25) is 9.63 Å². The van der Waals surface area contributed by atoms with Crippen LogP contribution in [0.2, 0.25) is 5.15 Å². The van der Waals surface area contributed by atoms with E-state index in [1.165, 1.54) is 30.3 Å². The molecule has 0 atom stereocenters. The topological polar surface area (TPSA) is 72.3 Å². The molecule has 1 N–H and O–H groups in total. The normalized spacial score (nSPS) is 10.5. The monoisotopic (exact) mass is 283 g/mol. The van der Waals surface area contributed by atoms with Crippen LogP contribution in [0.4, 0.5) is 0 Å². The van der Waals surface area contributed by atoms with Crippen molar-refractivity contribution >= 4 is 28.5 Å². The third kappa shape index (κ3) is 2.39. The summed E-state index contributed by atoms with van der Waals surface area (Å²) in [4.78, 5) is 31.6. The summed E-state index contributed by atoms with van der Waals surface area (Å²) in [5, 5.41) is 0.519. The third-order valence-corrected chi connectivity index (χ3v) is 2.84. The van der Waals surface area contributed by atoms with E-state index in [1.807, 2.05) is 0 Å². The second-order valence-corrected chi connectivity index (χ2v) is 4.07. The van der Waals surface area contributed by atoms with Gasteiger partial charge in [0.15, 0.2) is 0 Å². The Bertz CT molecular complexity index is 696. The van der Waals surface area contributed by atoms with Gasteiger partial charge in [0.1, 0.15) is 18.2 Å². The number of hydrogen-bond donors (Lipinski definition) is 1. The summed E-state index contributed by atoms with van der Waals surface area (Å²) in [6, 6.07) is 1.43. The standard InChI is InChI=1S/C12H11ClN2O4/c1-3-19-12(17)8-5-14-9-6-15(18-2)10(13)4-7(9)11(8)16/h4-6H,3H2,1-2H3/p+1. The minimum atomic E-state index is -0.662. The van der Waals surface area contributed by atoms with E-state index in [2.05, 4.69) is 4.98 Å². The van der Waals surface area contributed by atoms with Crippen LogP contribution < -0.4 is 15.0 Å². The molecule has 2 rings (SSSR count). The number of ether oxygens (including phenoxy) is 1. The molecule has 0 fully saturated rings.